The topological polar surface area (TPSA) is 38.3 Å². The molecule has 0 aromatic heterocycles. The van der Waals surface area contributed by atoms with E-state index in [0.29, 0.717) is 6.61 Å². The first kappa shape index (κ1) is 17.5. The Morgan fingerprint density at radius 2 is 2.10 bits per heavy atom. The molecule has 0 aliphatic heterocycles. The zero-order chi connectivity index (χ0) is 15.3. The number of carbonyl (C=O) groups is 1. The van der Waals surface area contributed by atoms with E-state index in [9.17, 15) is 18.0 Å². The Balaban J connectivity index is 2.88. The molecule has 20 heavy (non-hydrogen) atoms. The lowest BCUT2D eigenvalue weighted by Gasteiger charge is -2.14. The quantitative estimate of drug-likeness (QED) is 0.742. The summed E-state index contributed by atoms with van der Waals surface area (Å²) in [5, 5.41) is 2.43. The van der Waals surface area contributed by atoms with Crippen LogP contribution in [0.1, 0.15) is 15.9 Å². The van der Waals surface area contributed by atoms with Crippen molar-refractivity contribution in [2.24, 2.45) is 0 Å². The van der Waals surface area contributed by atoms with E-state index in [2.05, 4.69) is 37.2 Å². The highest BCUT2D eigenvalue weighted by molar-refractivity contribution is 9.10. The number of nitrogens with one attached hydrogen (secondary N) is 1. The Hall–Kier alpha value is -0.600. The third kappa shape index (κ3) is 5.06. The Morgan fingerprint density at radius 3 is 2.65 bits per heavy atom. The molecular weight excluding hydrogens is 407 g/mol. The smallest absolute Gasteiger partial charge is 0.383 e. The van der Waals surface area contributed by atoms with Crippen molar-refractivity contribution in [1.82, 2.24) is 5.32 Å². The third-order valence-corrected chi connectivity index (χ3v) is 3.44. The maximum atomic E-state index is 12.9. The maximum absolute atomic E-state index is 12.9. The minimum Gasteiger partial charge on any atom is -0.383 e. The number of alkyl halides is 4. The fourth-order valence-electron chi connectivity index (χ4n) is 1.49. The van der Waals surface area contributed by atoms with E-state index in [4.69, 9.17) is 4.74 Å². The Bertz CT molecular complexity index is 480. The van der Waals surface area contributed by atoms with E-state index >= 15 is 0 Å². The van der Waals surface area contributed by atoms with Gasteiger partial charge in [-0.2, -0.15) is 13.2 Å². The molecule has 0 saturated heterocycles. The van der Waals surface area contributed by atoms with Crippen molar-refractivity contribution in [2.45, 2.75) is 11.0 Å². The van der Waals surface area contributed by atoms with E-state index in [1.54, 1.807) is 0 Å². The summed E-state index contributed by atoms with van der Waals surface area (Å²) >= 11 is 6.20. The molecule has 0 aliphatic carbocycles. The largest absolute Gasteiger partial charge is 0.417 e. The van der Waals surface area contributed by atoms with Crippen LogP contribution in [0.2, 0.25) is 0 Å². The summed E-state index contributed by atoms with van der Waals surface area (Å²) in [6.45, 7) is 0.507. The summed E-state index contributed by atoms with van der Waals surface area (Å²) in [7, 11) is 1.49. The number of halogens is 5. The van der Waals surface area contributed by atoms with Crippen LogP contribution >= 0.6 is 31.9 Å². The van der Waals surface area contributed by atoms with Gasteiger partial charge in [0.05, 0.1) is 22.6 Å². The van der Waals surface area contributed by atoms with Crippen molar-refractivity contribution in [3.8, 4) is 0 Å². The van der Waals surface area contributed by atoms with Crippen LogP contribution in [0.15, 0.2) is 22.7 Å². The summed E-state index contributed by atoms with van der Waals surface area (Å²) in [6, 6.07) is 3.42. The molecule has 0 fully saturated rings. The molecule has 1 atom stereocenters. The predicted octanol–water partition coefficient (Wildman–Crippen LogP) is 3.61. The standard InChI is InChI=1S/C12H12Br2F3NO2/c1-20-6-8(14)5-18-11(19)9-3-2-7(13)4-10(9)12(15,16)17/h2-4,8H,5-6H2,1H3,(H,18,19). The number of hydrogen-bond acceptors (Lipinski definition) is 2. The van der Waals surface area contributed by atoms with Crippen LogP contribution in [0.3, 0.4) is 0 Å². The number of rotatable bonds is 5. The number of carbonyl (C=O) groups excluding carboxylic acids is 1. The van der Waals surface area contributed by atoms with Gasteiger partial charge in [0.1, 0.15) is 0 Å². The maximum Gasteiger partial charge on any atom is 0.417 e. The summed E-state index contributed by atoms with van der Waals surface area (Å²) in [5.74, 6) is -0.773. The van der Waals surface area contributed by atoms with Gasteiger partial charge in [0, 0.05) is 18.1 Å². The second-order valence-electron chi connectivity index (χ2n) is 3.95. The predicted molar refractivity (Wildman–Crippen MR) is 76.1 cm³/mol. The zero-order valence-electron chi connectivity index (χ0n) is 10.4. The molecule has 1 aromatic carbocycles. The Labute approximate surface area is 131 Å². The van der Waals surface area contributed by atoms with Gasteiger partial charge in [0.2, 0.25) is 0 Å². The summed E-state index contributed by atoms with van der Waals surface area (Å²) in [4.78, 5) is 11.7. The van der Waals surface area contributed by atoms with Crippen LogP contribution in [-0.2, 0) is 10.9 Å². The molecule has 0 aliphatic rings. The molecule has 112 valence electrons. The molecule has 1 aromatic rings. The van der Waals surface area contributed by atoms with Gasteiger partial charge >= 0.3 is 6.18 Å². The van der Waals surface area contributed by atoms with Gasteiger partial charge in [-0.3, -0.25) is 4.79 Å². The Kier molecular flexibility index (Phi) is 6.47. The zero-order valence-corrected chi connectivity index (χ0v) is 13.6. The van der Waals surface area contributed by atoms with Crippen LogP contribution < -0.4 is 5.32 Å². The number of ether oxygens (including phenoxy) is 1. The van der Waals surface area contributed by atoms with Crippen molar-refractivity contribution in [1.29, 1.82) is 0 Å². The van der Waals surface area contributed by atoms with E-state index in [1.165, 1.54) is 13.2 Å². The van der Waals surface area contributed by atoms with Gasteiger partial charge in [-0.25, -0.2) is 0 Å². The lowest BCUT2D eigenvalue weighted by atomic mass is 10.1. The molecule has 1 unspecified atom stereocenters. The number of benzene rings is 1. The fraction of sp³-hybridized carbons (Fsp3) is 0.417. The molecule has 0 radical (unpaired) electrons. The Morgan fingerprint density at radius 1 is 1.45 bits per heavy atom. The van der Waals surface area contributed by atoms with Gasteiger partial charge in [-0.05, 0) is 18.2 Å². The first-order valence-electron chi connectivity index (χ1n) is 5.53. The van der Waals surface area contributed by atoms with Gasteiger partial charge in [-0.1, -0.05) is 31.9 Å². The highest BCUT2D eigenvalue weighted by atomic mass is 79.9. The van der Waals surface area contributed by atoms with Crippen molar-refractivity contribution in [3.05, 3.63) is 33.8 Å². The van der Waals surface area contributed by atoms with Gasteiger partial charge in [0.15, 0.2) is 0 Å². The molecule has 0 saturated carbocycles. The fourth-order valence-corrected chi connectivity index (χ4v) is 2.27. The molecule has 1 rings (SSSR count). The lowest BCUT2D eigenvalue weighted by molar-refractivity contribution is -0.138. The average molecular weight is 419 g/mol. The minimum atomic E-state index is -4.59. The van der Waals surface area contributed by atoms with Crippen LogP contribution in [0.4, 0.5) is 13.2 Å². The van der Waals surface area contributed by atoms with Gasteiger partial charge in [-0.15, -0.1) is 0 Å². The van der Waals surface area contributed by atoms with E-state index in [-0.39, 0.29) is 15.8 Å². The van der Waals surface area contributed by atoms with Crippen LogP contribution in [0.25, 0.3) is 0 Å². The van der Waals surface area contributed by atoms with Crippen LogP contribution in [-0.4, -0.2) is 31.0 Å². The number of amides is 1. The first-order valence-corrected chi connectivity index (χ1v) is 7.24. The number of hydrogen-bond donors (Lipinski definition) is 1. The summed E-state index contributed by atoms with van der Waals surface area (Å²) in [5.41, 5.74) is -1.37. The first-order chi connectivity index (χ1) is 9.25. The summed E-state index contributed by atoms with van der Waals surface area (Å²) < 4.78 is 43.7. The molecule has 8 heteroatoms. The van der Waals surface area contributed by atoms with Crippen molar-refractivity contribution >= 4 is 37.8 Å². The summed E-state index contributed by atoms with van der Waals surface area (Å²) in [6.07, 6.45) is -4.59. The molecule has 1 N–H and O–H groups in total. The minimum absolute atomic E-state index is 0.166. The SMILES string of the molecule is COCC(Br)CNC(=O)c1ccc(Br)cc1C(F)(F)F. The molecule has 0 bridgehead atoms. The molecule has 0 spiro atoms. The van der Waals surface area contributed by atoms with E-state index in [0.717, 1.165) is 12.1 Å². The molecule has 3 nitrogen and oxygen atoms in total. The molecule has 1 amide bonds. The molecular formula is C12H12Br2F3NO2. The lowest BCUT2D eigenvalue weighted by Crippen LogP contribution is -2.32. The second kappa shape index (κ2) is 7.42. The van der Waals surface area contributed by atoms with Crippen molar-refractivity contribution in [3.63, 3.8) is 0 Å². The van der Waals surface area contributed by atoms with Gasteiger partial charge < -0.3 is 10.1 Å². The van der Waals surface area contributed by atoms with Gasteiger partial charge in [0.25, 0.3) is 5.91 Å². The average Bonchev–Trinajstić information content (AvgIpc) is 2.35. The molecule has 0 heterocycles. The van der Waals surface area contributed by atoms with E-state index < -0.39 is 23.2 Å². The van der Waals surface area contributed by atoms with Crippen molar-refractivity contribution in [2.75, 3.05) is 20.3 Å². The van der Waals surface area contributed by atoms with Crippen molar-refractivity contribution < 1.29 is 22.7 Å². The highest BCUT2D eigenvalue weighted by Gasteiger charge is 2.35. The van der Waals surface area contributed by atoms with Crippen LogP contribution in [0.5, 0.6) is 0 Å². The number of methoxy groups -OCH3 is 1. The van der Waals surface area contributed by atoms with E-state index in [1.807, 2.05) is 0 Å². The normalized spacial score (nSPS) is 13.1. The second-order valence-corrected chi connectivity index (χ2v) is 6.16. The monoisotopic (exact) mass is 417 g/mol. The third-order valence-electron chi connectivity index (χ3n) is 2.36. The van der Waals surface area contributed by atoms with Crippen LogP contribution in [0, 0.1) is 0 Å². The highest BCUT2D eigenvalue weighted by Crippen LogP contribution is 2.33.